The summed E-state index contributed by atoms with van der Waals surface area (Å²) in [6.45, 7) is 3.61. The number of halogens is 1. The molecule has 4 nitrogen and oxygen atoms in total. The molecule has 17 heavy (non-hydrogen) atoms. The Morgan fingerprint density at radius 3 is 2.88 bits per heavy atom. The van der Waals surface area contributed by atoms with E-state index in [9.17, 15) is 4.39 Å². The standard InChI is InChI=1S/C11H11FN4S/c1-2-7-17-11-15-14-10(16(11)13)8-5-3-4-6-9(8)12/h2-6H,1,7,13H2. The topological polar surface area (TPSA) is 56.7 Å². The zero-order valence-electron chi connectivity index (χ0n) is 9.01. The molecule has 0 aliphatic carbocycles. The van der Waals surface area contributed by atoms with E-state index in [2.05, 4.69) is 16.8 Å². The molecular weight excluding hydrogens is 239 g/mol. The third-order valence-corrected chi connectivity index (χ3v) is 3.05. The van der Waals surface area contributed by atoms with Crippen LogP contribution in [0.4, 0.5) is 4.39 Å². The summed E-state index contributed by atoms with van der Waals surface area (Å²) < 4.78 is 14.8. The lowest BCUT2D eigenvalue weighted by molar-refractivity contribution is 0.629. The van der Waals surface area contributed by atoms with Crippen molar-refractivity contribution in [3.05, 3.63) is 42.7 Å². The van der Waals surface area contributed by atoms with E-state index < -0.39 is 0 Å². The molecule has 2 N–H and O–H groups in total. The van der Waals surface area contributed by atoms with E-state index in [0.717, 1.165) is 0 Å². The maximum absolute atomic E-state index is 13.6. The van der Waals surface area contributed by atoms with Crippen molar-refractivity contribution >= 4 is 11.8 Å². The molecule has 0 atom stereocenters. The van der Waals surface area contributed by atoms with E-state index in [4.69, 9.17) is 5.84 Å². The predicted molar refractivity (Wildman–Crippen MR) is 66.5 cm³/mol. The summed E-state index contributed by atoms with van der Waals surface area (Å²) in [5, 5.41) is 8.33. The minimum Gasteiger partial charge on any atom is -0.335 e. The Labute approximate surface area is 102 Å². The number of hydrogen-bond donors (Lipinski definition) is 1. The van der Waals surface area contributed by atoms with Crippen LogP contribution < -0.4 is 5.84 Å². The van der Waals surface area contributed by atoms with Crippen LogP contribution in [0.25, 0.3) is 11.4 Å². The molecule has 88 valence electrons. The molecule has 0 radical (unpaired) electrons. The maximum atomic E-state index is 13.6. The van der Waals surface area contributed by atoms with Crippen molar-refractivity contribution in [2.24, 2.45) is 0 Å². The van der Waals surface area contributed by atoms with Gasteiger partial charge in [0.25, 0.3) is 0 Å². The Morgan fingerprint density at radius 1 is 1.41 bits per heavy atom. The molecule has 1 heterocycles. The second-order valence-corrected chi connectivity index (χ2v) is 4.24. The summed E-state index contributed by atoms with van der Waals surface area (Å²) in [6, 6.07) is 6.32. The molecule has 1 aromatic carbocycles. The van der Waals surface area contributed by atoms with Crippen LogP contribution in [0.5, 0.6) is 0 Å². The number of aromatic nitrogens is 3. The lowest BCUT2D eigenvalue weighted by atomic mass is 10.2. The van der Waals surface area contributed by atoms with Crippen LogP contribution in [0.1, 0.15) is 0 Å². The number of nitrogens with two attached hydrogens (primary N) is 1. The highest BCUT2D eigenvalue weighted by Gasteiger charge is 2.14. The summed E-state index contributed by atoms with van der Waals surface area (Å²) >= 11 is 1.39. The molecule has 2 aromatic rings. The SMILES string of the molecule is C=CCSc1nnc(-c2ccccc2F)n1N. The summed E-state index contributed by atoms with van der Waals surface area (Å²) in [7, 11) is 0. The number of nitrogens with zero attached hydrogens (tertiary/aromatic N) is 3. The molecule has 0 saturated carbocycles. The molecule has 0 amide bonds. The lowest BCUT2D eigenvalue weighted by Crippen LogP contribution is -2.12. The van der Waals surface area contributed by atoms with E-state index in [1.165, 1.54) is 22.5 Å². The monoisotopic (exact) mass is 250 g/mol. The zero-order valence-corrected chi connectivity index (χ0v) is 9.82. The molecule has 0 aliphatic heterocycles. The van der Waals surface area contributed by atoms with Crippen LogP contribution in [0.3, 0.4) is 0 Å². The second-order valence-electron chi connectivity index (χ2n) is 3.26. The highest BCUT2D eigenvalue weighted by molar-refractivity contribution is 7.99. The minimum absolute atomic E-state index is 0.315. The highest BCUT2D eigenvalue weighted by atomic mass is 32.2. The summed E-state index contributed by atoms with van der Waals surface area (Å²) in [6.07, 6.45) is 1.74. The molecule has 1 aromatic heterocycles. The average Bonchev–Trinajstić information content (AvgIpc) is 2.69. The van der Waals surface area contributed by atoms with Crippen LogP contribution in [0.15, 0.2) is 42.1 Å². The number of thioether (sulfide) groups is 1. The number of rotatable bonds is 4. The largest absolute Gasteiger partial charge is 0.335 e. The molecule has 0 fully saturated rings. The molecule has 0 aliphatic rings. The molecule has 0 unspecified atom stereocenters. The Morgan fingerprint density at radius 2 is 2.18 bits per heavy atom. The number of nitrogen functional groups attached to an aromatic ring is 1. The first-order valence-electron chi connectivity index (χ1n) is 4.93. The van der Waals surface area contributed by atoms with Gasteiger partial charge >= 0.3 is 0 Å². The van der Waals surface area contributed by atoms with Crippen molar-refractivity contribution in [2.75, 3.05) is 11.6 Å². The summed E-state index contributed by atoms with van der Waals surface area (Å²) in [5.41, 5.74) is 0.341. The maximum Gasteiger partial charge on any atom is 0.210 e. The fraction of sp³-hybridized carbons (Fsp3) is 0.0909. The van der Waals surface area contributed by atoms with Gasteiger partial charge in [-0.3, -0.25) is 0 Å². The van der Waals surface area contributed by atoms with Gasteiger partial charge < -0.3 is 5.84 Å². The molecule has 2 rings (SSSR count). The van der Waals surface area contributed by atoms with Gasteiger partial charge in [0.05, 0.1) is 5.56 Å². The molecular formula is C11H11FN4S. The van der Waals surface area contributed by atoms with Crippen LogP contribution in [0, 0.1) is 5.82 Å². The van der Waals surface area contributed by atoms with Crippen molar-refractivity contribution < 1.29 is 4.39 Å². The fourth-order valence-electron chi connectivity index (χ4n) is 1.34. The van der Waals surface area contributed by atoms with Gasteiger partial charge in [-0.2, -0.15) is 0 Å². The third kappa shape index (κ3) is 2.31. The van der Waals surface area contributed by atoms with Crippen molar-refractivity contribution in [2.45, 2.75) is 5.16 Å². The van der Waals surface area contributed by atoms with Crippen LogP contribution in [-0.2, 0) is 0 Å². The van der Waals surface area contributed by atoms with Crippen LogP contribution in [0.2, 0.25) is 0 Å². The second kappa shape index (κ2) is 5.01. The Hall–Kier alpha value is -1.82. The highest BCUT2D eigenvalue weighted by Crippen LogP contribution is 2.23. The molecule has 0 saturated heterocycles. The van der Waals surface area contributed by atoms with Gasteiger partial charge in [0.2, 0.25) is 5.16 Å². The third-order valence-electron chi connectivity index (χ3n) is 2.11. The van der Waals surface area contributed by atoms with Gasteiger partial charge in [-0.25, -0.2) is 9.07 Å². The first kappa shape index (κ1) is 11.7. The average molecular weight is 250 g/mol. The van der Waals surface area contributed by atoms with E-state index >= 15 is 0 Å². The van der Waals surface area contributed by atoms with Gasteiger partial charge in [0, 0.05) is 5.75 Å². The van der Waals surface area contributed by atoms with Crippen LogP contribution in [-0.4, -0.2) is 20.6 Å². The summed E-state index contributed by atoms with van der Waals surface area (Å²) in [4.78, 5) is 0. The quantitative estimate of drug-likeness (QED) is 0.513. The minimum atomic E-state index is -0.369. The molecule has 6 heteroatoms. The van der Waals surface area contributed by atoms with Crippen molar-refractivity contribution in [3.63, 3.8) is 0 Å². The van der Waals surface area contributed by atoms with Crippen molar-refractivity contribution in [1.82, 2.24) is 14.9 Å². The predicted octanol–water partition coefficient (Wildman–Crippen LogP) is 2.08. The van der Waals surface area contributed by atoms with E-state index in [0.29, 0.717) is 22.3 Å². The van der Waals surface area contributed by atoms with E-state index in [-0.39, 0.29) is 5.82 Å². The Bertz CT molecular complexity index is 538. The summed E-state index contributed by atoms with van der Waals surface area (Å²) in [5.74, 6) is 6.43. The molecule has 0 spiro atoms. The smallest absolute Gasteiger partial charge is 0.210 e. The van der Waals surface area contributed by atoms with Gasteiger partial charge in [0.15, 0.2) is 5.82 Å². The van der Waals surface area contributed by atoms with Gasteiger partial charge in [-0.15, -0.1) is 16.8 Å². The Balaban J connectivity index is 2.37. The number of benzene rings is 1. The lowest BCUT2D eigenvalue weighted by Gasteiger charge is -2.03. The van der Waals surface area contributed by atoms with Crippen molar-refractivity contribution in [3.8, 4) is 11.4 Å². The fourth-order valence-corrected chi connectivity index (χ4v) is 1.93. The van der Waals surface area contributed by atoms with E-state index in [1.54, 1.807) is 24.3 Å². The van der Waals surface area contributed by atoms with Crippen LogP contribution >= 0.6 is 11.8 Å². The molecule has 0 bridgehead atoms. The Kier molecular flexibility index (Phi) is 3.43. The van der Waals surface area contributed by atoms with Gasteiger partial charge in [-0.1, -0.05) is 30.0 Å². The zero-order chi connectivity index (χ0) is 12.3. The number of hydrogen-bond acceptors (Lipinski definition) is 4. The normalized spacial score (nSPS) is 10.4. The van der Waals surface area contributed by atoms with Gasteiger partial charge in [-0.05, 0) is 12.1 Å². The first-order chi connectivity index (χ1) is 8.24. The van der Waals surface area contributed by atoms with Gasteiger partial charge in [0.1, 0.15) is 5.82 Å². The first-order valence-corrected chi connectivity index (χ1v) is 5.91. The van der Waals surface area contributed by atoms with Crippen molar-refractivity contribution in [1.29, 1.82) is 0 Å². The van der Waals surface area contributed by atoms with E-state index in [1.807, 2.05) is 0 Å².